The van der Waals surface area contributed by atoms with Crippen molar-refractivity contribution in [3.05, 3.63) is 47.8 Å². The zero-order valence-electron chi connectivity index (χ0n) is 22.1. The maximum atomic E-state index is 15.3. The Kier molecular flexibility index (Phi) is 6.60. The fraction of sp³-hybridized carbons (Fsp3) is 0.370. The number of benzene rings is 1. The van der Waals surface area contributed by atoms with Gasteiger partial charge in [-0.15, -0.1) is 0 Å². The highest BCUT2D eigenvalue weighted by atomic mass is 19.1. The summed E-state index contributed by atoms with van der Waals surface area (Å²) in [6.45, 7) is 10.4. The molecule has 1 aliphatic heterocycles. The van der Waals surface area contributed by atoms with Crippen LogP contribution >= 0.6 is 0 Å². The summed E-state index contributed by atoms with van der Waals surface area (Å²) in [6.07, 6.45) is 3.72. The Balaban J connectivity index is 1.45. The zero-order valence-corrected chi connectivity index (χ0v) is 22.1. The second-order valence-electron chi connectivity index (χ2n) is 10.00. The van der Waals surface area contributed by atoms with Crippen LogP contribution in [0.5, 0.6) is 6.01 Å². The maximum absolute atomic E-state index is 15.3. The van der Waals surface area contributed by atoms with Crippen molar-refractivity contribution >= 4 is 34.0 Å². The van der Waals surface area contributed by atoms with E-state index in [0.29, 0.717) is 52.2 Å². The number of aromatic nitrogens is 5. The van der Waals surface area contributed by atoms with Gasteiger partial charge in [-0.3, -0.25) is 9.48 Å². The SMILES string of the molecule is Cc1nc(OC(C)C)ncc1-c1cc2cc(Nc3cc4n(n3)CC(=O)N(C(C)C)CC4)ncc2c(N)c1F. The minimum absolute atomic E-state index is 0.000354. The van der Waals surface area contributed by atoms with Crippen LogP contribution < -0.4 is 15.8 Å². The van der Waals surface area contributed by atoms with E-state index >= 15 is 4.39 Å². The second kappa shape index (κ2) is 9.88. The first-order chi connectivity index (χ1) is 18.1. The smallest absolute Gasteiger partial charge is 0.316 e. The number of ether oxygens (including phenoxy) is 1. The van der Waals surface area contributed by atoms with Gasteiger partial charge in [0.1, 0.15) is 12.4 Å². The Bertz CT molecular complexity index is 1530. The van der Waals surface area contributed by atoms with Crippen LogP contribution in [0.3, 0.4) is 0 Å². The Morgan fingerprint density at radius 1 is 1.08 bits per heavy atom. The molecule has 10 nitrogen and oxygen atoms in total. The third-order valence-corrected chi connectivity index (χ3v) is 6.54. The second-order valence-corrected chi connectivity index (χ2v) is 10.00. The standard InChI is InChI=1S/C27H31FN8O2/c1-14(2)35-7-6-18-10-23(34-36(18)13-24(35)37)33-22-9-17-8-19(25(28)26(29)21(17)12-30-22)20-11-31-27(32-16(20)5)38-15(3)4/h8-12,14-15H,6-7,13,29H2,1-5H3,(H,30,33,34). The summed E-state index contributed by atoms with van der Waals surface area (Å²) >= 11 is 0. The maximum Gasteiger partial charge on any atom is 0.316 e. The molecule has 0 spiro atoms. The number of nitrogens with two attached hydrogens (primary N) is 1. The Morgan fingerprint density at radius 3 is 2.58 bits per heavy atom. The summed E-state index contributed by atoms with van der Waals surface area (Å²) in [5.74, 6) is 0.594. The number of fused-ring (bicyclic) bond motifs is 2. The van der Waals surface area contributed by atoms with Crippen LogP contribution in [-0.4, -0.2) is 54.2 Å². The Morgan fingerprint density at radius 2 is 1.87 bits per heavy atom. The molecule has 3 aromatic heterocycles. The first-order valence-corrected chi connectivity index (χ1v) is 12.6. The number of hydrogen-bond acceptors (Lipinski definition) is 8. The summed E-state index contributed by atoms with van der Waals surface area (Å²) < 4.78 is 22.6. The summed E-state index contributed by atoms with van der Waals surface area (Å²) in [5, 5.41) is 8.97. The average Bonchev–Trinajstić information content (AvgIpc) is 3.14. The number of nitrogen functional groups attached to an aromatic ring is 1. The number of pyridine rings is 1. The highest BCUT2D eigenvalue weighted by molar-refractivity contribution is 5.98. The van der Waals surface area contributed by atoms with Crippen molar-refractivity contribution in [3.8, 4) is 17.1 Å². The molecule has 0 fully saturated rings. The number of rotatable bonds is 6. The summed E-state index contributed by atoms with van der Waals surface area (Å²) in [5.41, 5.74) is 8.54. The van der Waals surface area contributed by atoms with Crippen LogP contribution in [0.15, 0.2) is 30.6 Å². The highest BCUT2D eigenvalue weighted by Crippen LogP contribution is 2.35. The van der Waals surface area contributed by atoms with E-state index in [-0.39, 0.29) is 36.3 Å². The van der Waals surface area contributed by atoms with Gasteiger partial charge < -0.3 is 20.7 Å². The highest BCUT2D eigenvalue weighted by Gasteiger charge is 2.24. The van der Waals surface area contributed by atoms with Crippen molar-refractivity contribution in [2.45, 2.75) is 59.7 Å². The van der Waals surface area contributed by atoms with Crippen LogP contribution in [-0.2, 0) is 17.8 Å². The molecule has 38 heavy (non-hydrogen) atoms. The lowest BCUT2D eigenvalue weighted by molar-refractivity contribution is -0.133. The molecule has 1 amide bonds. The Labute approximate surface area is 220 Å². The number of aryl methyl sites for hydroxylation is 1. The van der Waals surface area contributed by atoms with Crippen LogP contribution in [0.1, 0.15) is 39.1 Å². The lowest BCUT2D eigenvalue weighted by Gasteiger charge is -2.24. The average molecular weight is 519 g/mol. The minimum Gasteiger partial charge on any atom is -0.461 e. The molecule has 5 rings (SSSR count). The summed E-state index contributed by atoms with van der Waals surface area (Å²) in [7, 11) is 0. The molecule has 0 unspecified atom stereocenters. The topological polar surface area (TPSA) is 124 Å². The predicted molar refractivity (Wildman–Crippen MR) is 144 cm³/mol. The largest absolute Gasteiger partial charge is 0.461 e. The summed E-state index contributed by atoms with van der Waals surface area (Å²) in [4.78, 5) is 27.5. The van der Waals surface area contributed by atoms with E-state index < -0.39 is 5.82 Å². The van der Waals surface area contributed by atoms with Crippen molar-refractivity contribution in [1.82, 2.24) is 29.6 Å². The lowest BCUT2D eigenvalue weighted by atomic mass is 10.00. The lowest BCUT2D eigenvalue weighted by Crippen LogP contribution is -2.38. The van der Waals surface area contributed by atoms with Crippen LogP contribution in [0.4, 0.5) is 21.7 Å². The van der Waals surface area contributed by atoms with Gasteiger partial charge in [-0.25, -0.2) is 14.4 Å². The molecule has 3 N–H and O–H groups in total. The molecule has 0 radical (unpaired) electrons. The molecule has 4 heterocycles. The van der Waals surface area contributed by atoms with E-state index in [0.717, 1.165) is 5.69 Å². The molecule has 0 saturated heterocycles. The quantitative estimate of drug-likeness (QED) is 0.363. The first kappa shape index (κ1) is 25.4. The molecular weight excluding hydrogens is 487 g/mol. The molecule has 1 aromatic carbocycles. The van der Waals surface area contributed by atoms with Crippen molar-refractivity contribution in [3.63, 3.8) is 0 Å². The van der Waals surface area contributed by atoms with Crippen molar-refractivity contribution in [2.75, 3.05) is 17.6 Å². The molecule has 0 bridgehead atoms. The van der Waals surface area contributed by atoms with Gasteiger partial charge in [0.15, 0.2) is 11.6 Å². The normalized spacial score (nSPS) is 13.8. The number of carbonyl (C=O) groups excluding carboxylic acids is 1. The predicted octanol–water partition coefficient (Wildman–Crippen LogP) is 4.24. The van der Waals surface area contributed by atoms with E-state index in [2.05, 4.69) is 25.4 Å². The van der Waals surface area contributed by atoms with Gasteiger partial charge in [-0.1, -0.05) is 0 Å². The van der Waals surface area contributed by atoms with Gasteiger partial charge in [-0.05, 0) is 52.1 Å². The minimum atomic E-state index is -0.554. The van der Waals surface area contributed by atoms with Crippen LogP contribution in [0, 0.1) is 12.7 Å². The molecule has 0 saturated carbocycles. The van der Waals surface area contributed by atoms with Gasteiger partial charge in [0, 0.05) is 59.7 Å². The summed E-state index contributed by atoms with van der Waals surface area (Å²) in [6, 6.07) is 5.81. The fourth-order valence-electron chi connectivity index (χ4n) is 4.65. The number of amides is 1. The molecule has 11 heteroatoms. The molecule has 1 aliphatic rings. The number of anilines is 3. The van der Waals surface area contributed by atoms with Crippen LogP contribution in [0.25, 0.3) is 21.9 Å². The Hall–Kier alpha value is -4.28. The van der Waals surface area contributed by atoms with Gasteiger partial charge in [0.25, 0.3) is 0 Å². The molecule has 198 valence electrons. The van der Waals surface area contributed by atoms with Gasteiger partial charge in [-0.2, -0.15) is 10.1 Å². The third-order valence-electron chi connectivity index (χ3n) is 6.54. The number of halogens is 1. The van der Waals surface area contributed by atoms with Gasteiger partial charge >= 0.3 is 6.01 Å². The van der Waals surface area contributed by atoms with Crippen molar-refractivity contribution in [1.29, 1.82) is 0 Å². The van der Waals surface area contributed by atoms with E-state index in [9.17, 15) is 4.79 Å². The number of hydrogen-bond donors (Lipinski definition) is 2. The van der Waals surface area contributed by atoms with E-state index in [1.165, 1.54) is 6.20 Å². The number of nitrogens with zero attached hydrogens (tertiary/aromatic N) is 6. The molecule has 0 aliphatic carbocycles. The van der Waals surface area contributed by atoms with E-state index in [1.807, 2.05) is 38.7 Å². The number of nitrogens with one attached hydrogen (secondary N) is 1. The van der Waals surface area contributed by atoms with E-state index in [4.69, 9.17) is 10.5 Å². The zero-order chi connectivity index (χ0) is 27.1. The van der Waals surface area contributed by atoms with Gasteiger partial charge in [0.2, 0.25) is 5.91 Å². The molecule has 0 atom stereocenters. The monoisotopic (exact) mass is 518 g/mol. The van der Waals surface area contributed by atoms with Crippen molar-refractivity contribution in [2.24, 2.45) is 0 Å². The van der Waals surface area contributed by atoms with Crippen molar-refractivity contribution < 1.29 is 13.9 Å². The first-order valence-electron chi connectivity index (χ1n) is 12.6. The number of carbonyl (C=O) groups is 1. The van der Waals surface area contributed by atoms with E-state index in [1.54, 1.807) is 29.9 Å². The molecule has 4 aromatic rings. The third kappa shape index (κ3) is 4.83. The van der Waals surface area contributed by atoms with Crippen LogP contribution in [0.2, 0.25) is 0 Å². The fourth-order valence-corrected chi connectivity index (χ4v) is 4.65. The van der Waals surface area contributed by atoms with Gasteiger partial charge in [0.05, 0.1) is 17.5 Å². The molecular formula is C27H31FN8O2.